The van der Waals surface area contributed by atoms with Gasteiger partial charge in [-0.1, -0.05) is 49.4 Å². The number of carbonyl (C=O) groups is 4. The minimum Gasteiger partial charge on any atom is -0.459 e. The van der Waals surface area contributed by atoms with Gasteiger partial charge in [0.15, 0.2) is 0 Å². The zero-order valence-corrected chi connectivity index (χ0v) is 29.2. The van der Waals surface area contributed by atoms with Crippen molar-refractivity contribution in [2.24, 2.45) is 0 Å². The molecule has 0 saturated carbocycles. The van der Waals surface area contributed by atoms with Crippen LogP contribution in [-0.4, -0.2) is 127 Å². The Bertz CT molecular complexity index is 1290. The minimum atomic E-state index is -0.562. The lowest BCUT2D eigenvalue weighted by atomic mass is 10.0. The van der Waals surface area contributed by atoms with E-state index in [9.17, 15) is 19.2 Å². The average molecular weight is 651 g/mol. The summed E-state index contributed by atoms with van der Waals surface area (Å²) in [4.78, 5) is 59.2. The van der Waals surface area contributed by atoms with E-state index in [1.54, 1.807) is 26.0 Å². The molecular weight excluding hydrogens is 596 g/mol. The molecule has 258 valence electrons. The largest absolute Gasteiger partial charge is 0.459 e. The first-order chi connectivity index (χ1) is 22.3. The number of esters is 2. The summed E-state index contributed by atoms with van der Waals surface area (Å²) in [5.41, 5.74) is 1.87. The minimum absolute atomic E-state index is 0.0585. The summed E-state index contributed by atoms with van der Waals surface area (Å²) in [6, 6.07) is 17.0. The molecule has 0 amide bonds. The second kappa shape index (κ2) is 18.8. The van der Waals surface area contributed by atoms with Crippen LogP contribution in [0.3, 0.4) is 0 Å². The van der Waals surface area contributed by atoms with Crippen LogP contribution >= 0.6 is 0 Å². The number of ether oxygens (including phenoxy) is 2. The molecule has 3 rings (SSSR count). The predicted molar refractivity (Wildman–Crippen MR) is 183 cm³/mol. The summed E-state index contributed by atoms with van der Waals surface area (Å²) in [6.45, 7) is 17.4. The van der Waals surface area contributed by atoms with Crippen molar-refractivity contribution >= 4 is 23.5 Å². The first-order valence-electron chi connectivity index (χ1n) is 16.7. The van der Waals surface area contributed by atoms with Gasteiger partial charge >= 0.3 is 11.9 Å². The first-order valence-corrected chi connectivity index (χ1v) is 16.7. The number of hydrogen-bond donors (Lipinski definition) is 0. The van der Waals surface area contributed by atoms with Crippen LogP contribution in [0.1, 0.15) is 63.0 Å². The molecule has 0 N–H and O–H groups in total. The fourth-order valence-electron chi connectivity index (χ4n) is 5.78. The second-order valence-corrected chi connectivity index (χ2v) is 13.5. The van der Waals surface area contributed by atoms with Gasteiger partial charge in [0, 0.05) is 51.9 Å². The van der Waals surface area contributed by atoms with Crippen molar-refractivity contribution in [3.05, 3.63) is 71.3 Å². The summed E-state index contributed by atoms with van der Waals surface area (Å²) in [7, 11) is 0. The van der Waals surface area contributed by atoms with Crippen LogP contribution in [0.5, 0.6) is 0 Å². The van der Waals surface area contributed by atoms with Crippen molar-refractivity contribution in [2.75, 3.05) is 72.0 Å². The van der Waals surface area contributed by atoms with E-state index in [-0.39, 0.29) is 49.2 Å². The van der Waals surface area contributed by atoms with Gasteiger partial charge < -0.3 is 14.4 Å². The molecule has 1 saturated heterocycles. The van der Waals surface area contributed by atoms with E-state index in [1.807, 2.05) is 63.2 Å². The van der Waals surface area contributed by atoms with Crippen LogP contribution in [0, 0.1) is 0 Å². The number of ketones is 2. The van der Waals surface area contributed by atoms with Crippen molar-refractivity contribution in [2.45, 2.75) is 66.2 Å². The maximum atomic E-state index is 12.8. The van der Waals surface area contributed by atoms with Gasteiger partial charge in [0.25, 0.3) is 0 Å². The Balaban J connectivity index is 1.81. The Morgan fingerprint density at radius 1 is 0.723 bits per heavy atom. The summed E-state index contributed by atoms with van der Waals surface area (Å²) >= 11 is 0. The SMILES string of the molecule is CCN1CCN(CC(=O)OC(C)(C)C)CCN(CC(C)=O)CC(Cc2ccc(C(=O)OCc3ccccc3)cc2)N(CC(C)=O)CC1. The van der Waals surface area contributed by atoms with E-state index in [1.165, 1.54) is 0 Å². The molecule has 2 aromatic carbocycles. The van der Waals surface area contributed by atoms with Crippen LogP contribution in [0.25, 0.3) is 0 Å². The van der Waals surface area contributed by atoms with Gasteiger partial charge in [0.05, 0.1) is 25.2 Å². The van der Waals surface area contributed by atoms with Crippen molar-refractivity contribution < 1.29 is 28.7 Å². The molecule has 1 atom stereocenters. The summed E-state index contributed by atoms with van der Waals surface area (Å²) in [5.74, 6) is -0.497. The quantitative estimate of drug-likeness (QED) is 0.316. The lowest BCUT2D eigenvalue weighted by Crippen LogP contribution is -2.53. The first kappa shape index (κ1) is 38.0. The predicted octanol–water partition coefficient (Wildman–Crippen LogP) is 3.72. The van der Waals surface area contributed by atoms with E-state index in [0.29, 0.717) is 51.3 Å². The van der Waals surface area contributed by atoms with E-state index in [0.717, 1.165) is 30.8 Å². The van der Waals surface area contributed by atoms with Gasteiger partial charge in [-0.3, -0.25) is 29.1 Å². The van der Waals surface area contributed by atoms with Crippen molar-refractivity contribution in [3.8, 4) is 0 Å². The Morgan fingerprint density at radius 3 is 1.91 bits per heavy atom. The van der Waals surface area contributed by atoms with E-state index < -0.39 is 5.60 Å². The molecule has 10 nitrogen and oxygen atoms in total. The van der Waals surface area contributed by atoms with Crippen LogP contribution < -0.4 is 0 Å². The van der Waals surface area contributed by atoms with Crippen LogP contribution in [0.15, 0.2) is 54.6 Å². The Hall–Kier alpha value is -3.44. The molecule has 1 fully saturated rings. The molecule has 1 unspecified atom stereocenters. The van der Waals surface area contributed by atoms with E-state index in [4.69, 9.17) is 9.47 Å². The molecule has 0 radical (unpaired) electrons. The van der Waals surface area contributed by atoms with E-state index >= 15 is 0 Å². The maximum absolute atomic E-state index is 12.8. The Kier molecular flexibility index (Phi) is 15.2. The van der Waals surface area contributed by atoms with E-state index in [2.05, 4.69) is 26.5 Å². The highest BCUT2D eigenvalue weighted by atomic mass is 16.6. The third-order valence-electron chi connectivity index (χ3n) is 8.12. The van der Waals surface area contributed by atoms with Crippen LogP contribution in [0.2, 0.25) is 0 Å². The van der Waals surface area contributed by atoms with Gasteiger partial charge in [-0.05, 0) is 70.8 Å². The molecular formula is C37H54N4O6. The molecule has 1 aliphatic heterocycles. The zero-order chi connectivity index (χ0) is 34.4. The number of likely N-dealkylation sites (N-methyl/N-ethyl adjacent to an activating group) is 1. The number of Topliss-reactive ketones (excluding diaryl/α,β-unsaturated/α-hetero) is 2. The highest BCUT2D eigenvalue weighted by Crippen LogP contribution is 2.16. The smallest absolute Gasteiger partial charge is 0.338 e. The monoisotopic (exact) mass is 650 g/mol. The summed E-state index contributed by atoms with van der Waals surface area (Å²) in [5, 5.41) is 0. The second-order valence-electron chi connectivity index (χ2n) is 13.5. The van der Waals surface area contributed by atoms with Gasteiger partial charge in [0.1, 0.15) is 23.8 Å². The summed E-state index contributed by atoms with van der Waals surface area (Å²) < 4.78 is 11.1. The summed E-state index contributed by atoms with van der Waals surface area (Å²) in [6.07, 6.45) is 0.634. The molecule has 0 spiro atoms. The Labute approximate surface area is 281 Å². The number of benzene rings is 2. The molecule has 2 aromatic rings. The number of carbonyl (C=O) groups excluding carboxylic acids is 4. The normalized spacial score (nSPS) is 18.1. The average Bonchev–Trinajstić information content (AvgIpc) is 3.00. The van der Waals surface area contributed by atoms with Gasteiger partial charge in [0.2, 0.25) is 0 Å². The maximum Gasteiger partial charge on any atom is 0.338 e. The highest BCUT2D eigenvalue weighted by molar-refractivity contribution is 5.89. The number of hydrogen-bond acceptors (Lipinski definition) is 10. The van der Waals surface area contributed by atoms with Crippen LogP contribution in [0.4, 0.5) is 0 Å². The standard InChI is InChI=1S/C37H54N4O6/c1-7-38-17-18-39(27-35(44)47-37(4,5)6)19-20-40(24-29(2)42)26-34(41(22-21-38)25-30(3)43)23-31-13-15-33(16-14-31)36(45)46-28-32-11-9-8-10-12-32/h8-16,34H,7,17-28H2,1-6H3. The fourth-order valence-corrected chi connectivity index (χ4v) is 5.78. The van der Waals surface area contributed by atoms with Gasteiger partial charge in [-0.15, -0.1) is 0 Å². The molecule has 0 bridgehead atoms. The van der Waals surface area contributed by atoms with Crippen LogP contribution in [-0.2, 0) is 36.9 Å². The van der Waals surface area contributed by atoms with Crippen molar-refractivity contribution in [1.29, 1.82) is 0 Å². The zero-order valence-electron chi connectivity index (χ0n) is 29.2. The van der Waals surface area contributed by atoms with Crippen molar-refractivity contribution in [3.63, 3.8) is 0 Å². The lowest BCUT2D eigenvalue weighted by Gasteiger charge is -2.38. The molecule has 0 aliphatic carbocycles. The highest BCUT2D eigenvalue weighted by Gasteiger charge is 2.27. The molecule has 1 aliphatic rings. The van der Waals surface area contributed by atoms with Gasteiger partial charge in [-0.25, -0.2) is 4.79 Å². The Morgan fingerprint density at radius 2 is 1.32 bits per heavy atom. The van der Waals surface area contributed by atoms with Crippen molar-refractivity contribution in [1.82, 2.24) is 19.6 Å². The fraction of sp³-hybridized carbons (Fsp3) is 0.568. The molecule has 10 heteroatoms. The number of rotatable bonds is 12. The number of nitrogens with zero attached hydrogens (tertiary/aromatic N) is 4. The molecule has 0 aromatic heterocycles. The van der Waals surface area contributed by atoms with Gasteiger partial charge in [-0.2, -0.15) is 0 Å². The topological polar surface area (TPSA) is 99.7 Å². The third kappa shape index (κ3) is 14.5. The molecule has 1 heterocycles. The lowest BCUT2D eigenvalue weighted by molar-refractivity contribution is -0.156. The third-order valence-corrected chi connectivity index (χ3v) is 8.12. The molecule has 47 heavy (non-hydrogen) atoms.